The standard InChI is InChI=1S/C13H18N2O3S/c1-3-15(9-6-13(17)18-2)12(16)10-19-11-4-7-14-8-5-11/h4-5,7-8H,3,6,9-10H2,1-2H3. The SMILES string of the molecule is CCN(CCC(=O)OC)C(=O)CSc1ccncc1. The fourth-order valence-electron chi connectivity index (χ4n) is 1.46. The van der Waals surface area contributed by atoms with Crippen molar-refractivity contribution in [2.75, 3.05) is 26.0 Å². The van der Waals surface area contributed by atoms with E-state index in [1.807, 2.05) is 19.1 Å². The van der Waals surface area contributed by atoms with Crippen LogP contribution in [0, 0.1) is 0 Å². The van der Waals surface area contributed by atoms with Gasteiger partial charge in [0.05, 0.1) is 19.3 Å². The van der Waals surface area contributed by atoms with Crippen molar-refractivity contribution in [3.05, 3.63) is 24.5 Å². The van der Waals surface area contributed by atoms with E-state index in [2.05, 4.69) is 9.72 Å². The highest BCUT2D eigenvalue weighted by atomic mass is 32.2. The van der Waals surface area contributed by atoms with E-state index < -0.39 is 0 Å². The summed E-state index contributed by atoms with van der Waals surface area (Å²) in [5, 5.41) is 0. The Morgan fingerprint density at radius 3 is 2.63 bits per heavy atom. The second-order valence-corrected chi connectivity index (χ2v) is 4.82. The lowest BCUT2D eigenvalue weighted by atomic mass is 10.3. The normalized spacial score (nSPS) is 10.0. The lowest BCUT2D eigenvalue weighted by Gasteiger charge is -2.20. The fraction of sp³-hybridized carbons (Fsp3) is 0.462. The first-order valence-corrected chi connectivity index (χ1v) is 7.03. The molecule has 0 saturated heterocycles. The van der Waals surface area contributed by atoms with Crippen molar-refractivity contribution in [1.82, 2.24) is 9.88 Å². The zero-order chi connectivity index (χ0) is 14.1. The number of amides is 1. The molecule has 0 aromatic carbocycles. The van der Waals surface area contributed by atoms with Crippen molar-refractivity contribution in [1.29, 1.82) is 0 Å². The Bertz CT molecular complexity index is 412. The number of methoxy groups -OCH3 is 1. The molecule has 0 radical (unpaired) electrons. The van der Waals surface area contributed by atoms with Crippen molar-refractivity contribution in [3.63, 3.8) is 0 Å². The first-order chi connectivity index (χ1) is 9.17. The van der Waals surface area contributed by atoms with Crippen LogP contribution >= 0.6 is 11.8 Å². The van der Waals surface area contributed by atoms with Crippen molar-refractivity contribution < 1.29 is 14.3 Å². The average molecular weight is 282 g/mol. The average Bonchev–Trinajstić information content (AvgIpc) is 2.46. The Labute approximate surface area is 117 Å². The van der Waals surface area contributed by atoms with Crippen molar-refractivity contribution in [2.45, 2.75) is 18.2 Å². The van der Waals surface area contributed by atoms with E-state index in [1.54, 1.807) is 17.3 Å². The second-order valence-electron chi connectivity index (χ2n) is 3.77. The lowest BCUT2D eigenvalue weighted by Crippen LogP contribution is -2.34. The molecule has 1 rings (SSSR count). The van der Waals surface area contributed by atoms with Gasteiger partial charge in [-0.15, -0.1) is 11.8 Å². The summed E-state index contributed by atoms with van der Waals surface area (Å²) >= 11 is 1.46. The number of hydrogen-bond acceptors (Lipinski definition) is 5. The number of hydrogen-bond donors (Lipinski definition) is 0. The number of pyridine rings is 1. The van der Waals surface area contributed by atoms with Crippen LogP contribution in [0.25, 0.3) is 0 Å². The maximum Gasteiger partial charge on any atom is 0.307 e. The van der Waals surface area contributed by atoms with E-state index in [4.69, 9.17) is 0 Å². The number of rotatable bonds is 7. The predicted molar refractivity (Wildman–Crippen MR) is 73.8 cm³/mol. The van der Waals surface area contributed by atoms with Gasteiger partial charge in [0.25, 0.3) is 0 Å². The summed E-state index contributed by atoms with van der Waals surface area (Å²) in [5.74, 6) is 0.0835. The molecular weight excluding hydrogens is 264 g/mol. The zero-order valence-corrected chi connectivity index (χ0v) is 12.0. The summed E-state index contributed by atoms with van der Waals surface area (Å²) in [6.07, 6.45) is 3.62. The van der Waals surface area contributed by atoms with E-state index in [1.165, 1.54) is 18.9 Å². The number of ether oxygens (including phenoxy) is 1. The number of esters is 1. The van der Waals surface area contributed by atoms with Crippen LogP contribution in [-0.2, 0) is 14.3 Å². The summed E-state index contributed by atoms with van der Waals surface area (Å²) in [4.78, 5) is 29.6. The fourth-order valence-corrected chi connectivity index (χ4v) is 2.25. The number of carbonyl (C=O) groups is 2. The highest BCUT2D eigenvalue weighted by molar-refractivity contribution is 8.00. The van der Waals surface area contributed by atoms with Gasteiger partial charge in [0.15, 0.2) is 0 Å². The molecule has 0 fully saturated rings. The number of thioether (sulfide) groups is 1. The van der Waals surface area contributed by atoms with Crippen LogP contribution < -0.4 is 0 Å². The topological polar surface area (TPSA) is 59.5 Å². The van der Waals surface area contributed by atoms with E-state index in [-0.39, 0.29) is 18.3 Å². The van der Waals surface area contributed by atoms with Gasteiger partial charge >= 0.3 is 5.97 Å². The third kappa shape index (κ3) is 5.74. The molecule has 6 heteroatoms. The smallest absolute Gasteiger partial charge is 0.307 e. The minimum absolute atomic E-state index is 0.0215. The van der Waals surface area contributed by atoms with E-state index >= 15 is 0 Å². The zero-order valence-electron chi connectivity index (χ0n) is 11.2. The third-order valence-corrected chi connectivity index (χ3v) is 3.56. The molecule has 19 heavy (non-hydrogen) atoms. The number of aromatic nitrogens is 1. The van der Waals surface area contributed by atoms with Crippen LogP contribution in [0.4, 0.5) is 0 Å². The molecule has 0 bridgehead atoms. The van der Waals surface area contributed by atoms with Crippen LogP contribution in [0.5, 0.6) is 0 Å². The Balaban J connectivity index is 2.39. The summed E-state index contributed by atoms with van der Waals surface area (Å²) in [6, 6.07) is 3.73. The summed E-state index contributed by atoms with van der Waals surface area (Å²) in [6.45, 7) is 2.89. The molecule has 0 saturated carbocycles. The maximum absolute atomic E-state index is 12.0. The van der Waals surface area contributed by atoms with E-state index in [0.717, 1.165) is 4.90 Å². The van der Waals surface area contributed by atoms with Crippen molar-refractivity contribution in [2.24, 2.45) is 0 Å². The molecule has 1 heterocycles. The first kappa shape index (κ1) is 15.5. The third-order valence-electron chi connectivity index (χ3n) is 2.56. The Hall–Kier alpha value is -1.56. The van der Waals surface area contributed by atoms with Gasteiger partial charge in [0, 0.05) is 30.4 Å². The Morgan fingerprint density at radius 1 is 1.37 bits per heavy atom. The molecule has 0 aliphatic heterocycles. The second kappa shape index (κ2) is 8.53. The molecule has 0 N–H and O–H groups in total. The van der Waals surface area contributed by atoms with Crippen LogP contribution in [0.15, 0.2) is 29.4 Å². The Morgan fingerprint density at radius 2 is 2.05 bits per heavy atom. The van der Waals surface area contributed by atoms with Crippen LogP contribution in [0.2, 0.25) is 0 Å². The summed E-state index contributed by atoms with van der Waals surface area (Å²) < 4.78 is 4.57. The van der Waals surface area contributed by atoms with Gasteiger partial charge in [-0.25, -0.2) is 0 Å². The predicted octanol–water partition coefficient (Wildman–Crippen LogP) is 1.59. The minimum Gasteiger partial charge on any atom is -0.469 e. The van der Waals surface area contributed by atoms with Gasteiger partial charge in [0.2, 0.25) is 5.91 Å². The van der Waals surface area contributed by atoms with Crippen LogP contribution in [0.3, 0.4) is 0 Å². The van der Waals surface area contributed by atoms with Crippen molar-refractivity contribution >= 4 is 23.6 Å². The van der Waals surface area contributed by atoms with E-state index in [0.29, 0.717) is 18.8 Å². The molecule has 0 aliphatic rings. The van der Waals surface area contributed by atoms with Crippen LogP contribution in [0.1, 0.15) is 13.3 Å². The largest absolute Gasteiger partial charge is 0.469 e. The summed E-state index contributed by atoms with van der Waals surface area (Å²) in [5.41, 5.74) is 0. The molecule has 0 aliphatic carbocycles. The first-order valence-electron chi connectivity index (χ1n) is 6.04. The van der Waals surface area contributed by atoms with Gasteiger partial charge in [0.1, 0.15) is 0 Å². The highest BCUT2D eigenvalue weighted by Crippen LogP contribution is 2.16. The van der Waals surface area contributed by atoms with Gasteiger partial charge in [-0.2, -0.15) is 0 Å². The monoisotopic (exact) mass is 282 g/mol. The molecule has 5 nitrogen and oxygen atoms in total. The number of nitrogens with zero attached hydrogens (tertiary/aromatic N) is 2. The molecule has 0 unspecified atom stereocenters. The van der Waals surface area contributed by atoms with Crippen LogP contribution in [-0.4, -0.2) is 47.7 Å². The Kier molecular flexibility index (Phi) is 6.95. The molecule has 1 amide bonds. The lowest BCUT2D eigenvalue weighted by molar-refractivity contribution is -0.141. The molecule has 1 aromatic heterocycles. The minimum atomic E-state index is -0.298. The van der Waals surface area contributed by atoms with Gasteiger partial charge in [-0.1, -0.05) is 0 Å². The number of carbonyl (C=O) groups excluding carboxylic acids is 2. The quantitative estimate of drug-likeness (QED) is 0.561. The molecule has 0 atom stereocenters. The molecule has 1 aromatic rings. The van der Waals surface area contributed by atoms with E-state index in [9.17, 15) is 9.59 Å². The maximum atomic E-state index is 12.0. The van der Waals surface area contributed by atoms with Gasteiger partial charge in [-0.3, -0.25) is 14.6 Å². The highest BCUT2D eigenvalue weighted by Gasteiger charge is 2.13. The summed E-state index contributed by atoms with van der Waals surface area (Å²) in [7, 11) is 1.35. The molecule has 104 valence electrons. The molecular formula is C13H18N2O3S. The van der Waals surface area contributed by atoms with Gasteiger partial charge in [-0.05, 0) is 19.1 Å². The van der Waals surface area contributed by atoms with Crippen molar-refractivity contribution in [3.8, 4) is 0 Å². The van der Waals surface area contributed by atoms with Gasteiger partial charge < -0.3 is 9.64 Å². The molecule has 0 spiro atoms.